The van der Waals surface area contributed by atoms with Gasteiger partial charge in [0.25, 0.3) is 5.88 Å². The molecule has 1 aliphatic heterocycles. The molecular formula is C22H23ClN4O2. The predicted molar refractivity (Wildman–Crippen MR) is 116 cm³/mol. The summed E-state index contributed by atoms with van der Waals surface area (Å²) in [7, 11) is 0. The highest BCUT2D eigenvalue weighted by molar-refractivity contribution is 6.30. The highest BCUT2D eigenvalue weighted by atomic mass is 35.5. The van der Waals surface area contributed by atoms with E-state index in [9.17, 15) is 4.79 Å². The van der Waals surface area contributed by atoms with Crippen LogP contribution in [0.15, 0.2) is 48.5 Å². The summed E-state index contributed by atoms with van der Waals surface area (Å²) in [6.45, 7) is 3.92. The first kappa shape index (κ1) is 19.5. The molecule has 7 heteroatoms. The second-order valence-electron chi connectivity index (χ2n) is 7.03. The topological polar surface area (TPSA) is 67.4 Å². The van der Waals surface area contributed by atoms with Gasteiger partial charge in [-0.2, -0.15) is 0 Å². The van der Waals surface area contributed by atoms with Gasteiger partial charge in [0.2, 0.25) is 5.91 Å². The van der Waals surface area contributed by atoms with Gasteiger partial charge in [-0.3, -0.25) is 4.79 Å². The third kappa shape index (κ3) is 4.43. The third-order valence-corrected chi connectivity index (χ3v) is 5.33. The molecule has 1 N–H and O–H groups in total. The van der Waals surface area contributed by atoms with E-state index < -0.39 is 0 Å². The molecule has 0 atom stereocenters. The van der Waals surface area contributed by atoms with Gasteiger partial charge < -0.3 is 15.0 Å². The summed E-state index contributed by atoms with van der Waals surface area (Å²) < 4.78 is 5.76. The van der Waals surface area contributed by atoms with Crippen molar-refractivity contribution in [2.45, 2.75) is 19.8 Å². The normalized spacial score (nSPS) is 14.8. The number of hydrogen-bond acceptors (Lipinski definition) is 5. The summed E-state index contributed by atoms with van der Waals surface area (Å²) in [5, 5.41) is 3.63. The number of piperidine rings is 1. The molecule has 1 saturated heterocycles. The number of fused-ring (bicyclic) bond motifs is 1. The second kappa shape index (κ2) is 8.66. The lowest BCUT2D eigenvalue weighted by Crippen LogP contribution is -2.38. The molecule has 0 aliphatic carbocycles. The molecular weight excluding hydrogens is 388 g/mol. The molecule has 6 nitrogen and oxygen atoms in total. The molecule has 0 spiro atoms. The van der Waals surface area contributed by atoms with Crippen LogP contribution >= 0.6 is 11.6 Å². The molecule has 0 unspecified atom stereocenters. The van der Waals surface area contributed by atoms with Crippen LogP contribution in [0.4, 0.5) is 11.5 Å². The Morgan fingerprint density at radius 1 is 1.10 bits per heavy atom. The van der Waals surface area contributed by atoms with Gasteiger partial charge in [-0.1, -0.05) is 23.7 Å². The lowest BCUT2D eigenvalue weighted by molar-refractivity contribution is -0.120. The first-order chi connectivity index (χ1) is 14.1. The molecule has 0 radical (unpaired) electrons. The van der Waals surface area contributed by atoms with Gasteiger partial charge in [0, 0.05) is 29.7 Å². The average molecular weight is 411 g/mol. The van der Waals surface area contributed by atoms with Gasteiger partial charge in [-0.05, 0) is 56.2 Å². The number of para-hydroxylation sites is 2. The monoisotopic (exact) mass is 410 g/mol. The zero-order valence-corrected chi connectivity index (χ0v) is 17.0. The highest BCUT2D eigenvalue weighted by Gasteiger charge is 2.28. The van der Waals surface area contributed by atoms with E-state index in [2.05, 4.69) is 15.2 Å². The van der Waals surface area contributed by atoms with Crippen molar-refractivity contribution in [2.24, 2.45) is 5.92 Å². The number of hydrogen-bond donors (Lipinski definition) is 1. The number of anilines is 2. The molecule has 0 bridgehead atoms. The van der Waals surface area contributed by atoms with Crippen LogP contribution in [0.25, 0.3) is 11.0 Å². The van der Waals surface area contributed by atoms with Gasteiger partial charge in [-0.25, -0.2) is 9.97 Å². The zero-order valence-electron chi connectivity index (χ0n) is 16.3. The van der Waals surface area contributed by atoms with Crippen LogP contribution in [-0.4, -0.2) is 35.6 Å². The smallest absolute Gasteiger partial charge is 0.258 e. The maximum Gasteiger partial charge on any atom is 0.258 e. The number of nitrogens with one attached hydrogen (secondary N) is 1. The van der Waals surface area contributed by atoms with Crippen molar-refractivity contribution >= 4 is 40.0 Å². The summed E-state index contributed by atoms with van der Waals surface area (Å²) in [4.78, 5) is 24.2. The molecule has 0 saturated carbocycles. The summed E-state index contributed by atoms with van der Waals surface area (Å²) in [5.74, 6) is 1.31. The Labute approximate surface area is 174 Å². The Morgan fingerprint density at radius 3 is 2.41 bits per heavy atom. The molecule has 29 heavy (non-hydrogen) atoms. The fourth-order valence-electron chi connectivity index (χ4n) is 3.55. The van der Waals surface area contributed by atoms with Crippen molar-refractivity contribution in [1.29, 1.82) is 0 Å². The van der Waals surface area contributed by atoms with E-state index in [0.717, 1.165) is 48.5 Å². The van der Waals surface area contributed by atoms with E-state index in [4.69, 9.17) is 21.3 Å². The number of ether oxygens (including phenoxy) is 1. The number of carbonyl (C=O) groups is 1. The summed E-state index contributed by atoms with van der Waals surface area (Å²) in [5.41, 5.74) is 2.42. The van der Waals surface area contributed by atoms with Crippen LogP contribution in [-0.2, 0) is 4.79 Å². The van der Waals surface area contributed by atoms with E-state index in [1.807, 2.05) is 43.3 Å². The molecule has 1 amide bonds. The van der Waals surface area contributed by atoms with Crippen molar-refractivity contribution in [3.05, 3.63) is 53.6 Å². The number of aromatic nitrogens is 2. The van der Waals surface area contributed by atoms with Crippen LogP contribution in [0, 0.1) is 5.92 Å². The first-order valence-electron chi connectivity index (χ1n) is 9.85. The van der Waals surface area contributed by atoms with Crippen molar-refractivity contribution in [2.75, 3.05) is 29.9 Å². The zero-order chi connectivity index (χ0) is 20.2. The molecule has 1 aromatic heterocycles. The number of halogens is 1. The molecule has 3 aromatic rings. The van der Waals surface area contributed by atoms with Crippen molar-refractivity contribution in [3.8, 4) is 5.88 Å². The summed E-state index contributed by atoms with van der Waals surface area (Å²) in [6.07, 6.45) is 1.50. The van der Waals surface area contributed by atoms with E-state index in [-0.39, 0.29) is 11.8 Å². The largest absolute Gasteiger partial charge is 0.475 e. The third-order valence-electron chi connectivity index (χ3n) is 5.08. The Kier molecular flexibility index (Phi) is 5.81. The molecule has 1 fully saturated rings. The van der Waals surface area contributed by atoms with E-state index in [1.165, 1.54) is 0 Å². The van der Waals surface area contributed by atoms with E-state index in [1.54, 1.807) is 12.1 Å². The number of nitrogens with zero attached hydrogens (tertiary/aromatic N) is 3. The van der Waals surface area contributed by atoms with Gasteiger partial charge in [0.1, 0.15) is 0 Å². The minimum absolute atomic E-state index is 0.0362. The average Bonchev–Trinajstić information content (AvgIpc) is 2.75. The Morgan fingerprint density at radius 2 is 1.76 bits per heavy atom. The standard InChI is InChI=1S/C22H23ClN4O2/c1-2-29-22-20(25-18-5-3-4-6-19(18)26-22)27-13-11-15(12-14-27)21(28)24-17-9-7-16(23)8-10-17/h3-10,15H,2,11-14H2,1H3,(H,24,28). The quantitative estimate of drug-likeness (QED) is 0.669. The number of rotatable bonds is 5. The van der Waals surface area contributed by atoms with Crippen molar-refractivity contribution < 1.29 is 9.53 Å². The van der Waals surface area contributed by atoms with Gasteiger partial charge in [0.05, 0.1) is 17.6 Å². The number of benzene rings is 2. The molecule has 4 rings (SSSR count). The van der Waals surface area contributed by atoms with Gasteiger partial charge in [-0.15, -0.1) is 0 Å². The van der Waals surface area contributed by atoms with Crippen molar-refractivity contribution in [3.63, 3.8) is 0 Å². The van der Waals surface area contributed by atoms with E-state index in [0.29, 0.717) is 17.5 Å². The Hall–Kier alpha value is -2.86. The highest BCUT2D eigenvalue weighted by Crippen LogP contribution is 2.31. The van der Waals surface area contributed by atoms with Gasteiger partial charge in [0.15, 0.2) is 5.82 Å². The number of carbonyl (C=O) groups excluding carboxylic acids is 1. The lowest BCUT2D eigenvalue weighted by atomic mass is 9.96. The van der Waals surface area contributed by atoms with Crippen LogP contribution in [0.5, 0.6) is 5.88 Å². The van der Waals surface area contributed by atoms with Gasteiger partial charge >= 0.3 is 0 Å². The Balaban J connectivity index is 1.45. The summed E-state index contributed by atoms with van der Waals surface area (Å²) in [6, 6.07) is 14.9. The van der Waals surface area contributed by atoms with Crippen LogP contribution in [0.3, 0.4) is 0 Å². The second-order valence-corrected chi connectivity index (χ2v) is 7.47. The van der Waals surface area contributed by atoms with Crippen LogP contribution in [0.2, 0.25) is 5.02 Å². The minimum atomic E-state index is -0.0362. The SMILES string of the molecule is CCOc1nc2ccccc2nc1N1CCC(C(=O)Nc2ccc(Cl)cc2)CC1. The lowest BCUT2D eigenvalue weighted by Gasteiger charge is -2.32. The predicted octanol–water partition coefficient (Wildman–Crippen LogP) is 4.54. The van der Waals surface area contributed by atoms with E-state index >= 15 is 0 Å². The summed E-state index contributed by atoms with van der Waals surface area (Å²) >= 11 is 5.90. The maximum absolute atomic E-state index is 12.6. The molecule has 2 heterocycles. The molecule has 150 valence electrons. The molecule has 1 aliphatic rings. The van der Waals surface area contributed by atoms with Crippen molar-refractivity contribution in [1.82, 2.24) is 9.97 Å². The maximum atomic E-state index is 12.6. The van der Waals surface area contributed by atoms with Crippen LogP contribution in [0.1, 0.15) is 19.8 Å². The fourth-order valence-corrected chi connectivity index (χ4v) is 3.67. The minimum Gasteiger partial charge on any atom is -0.475 e. The number of amides is 1. The molecule has 2 aromatic carbocycles. The first-order valence-corrected chi connectivity index (χ1v) is 10.2. The van der Waals surface area contributed by atoms with Crippen LogP contribution < -0.4 is 15.0 Å². The Bertz CT molecular complexity index is 1000. The fraction of sp³-hybridized carbons (Fsp3) is 0.318.